The van der Waals surface area contributed by atoms with Crippen LogP contribution in [0.4, 0.5) is 0 Å². The van der Waals surface area contributed by atoms with Crippen LogP contribution in [0.25, 0.3) is 10.6 Å². The van der Waals surface area contributed by atoms with Crippen LogP contribution in [0.5, 0.6) is 5.75 Å². The Kier molecular flexibility index (Phi) is 8.89. The van der Waals surface area contributed by atoms with E-state index in [1.807, 2.05) is 52.7 Å². The van der Waals surface area contributed by atoms with E-state index in [-0.39, 0.29) is 36.8 Å². The van der Waals surface area contributed by atoms with E-state index in [9.17, 15) is 4.79 Å². The Balaban J connectivity index is 0.00000150. The van der Waals surface area contributed by atoms with Crippen LogP contribution in [0.2, 0.25) is 0 Å². The van der Waals surface area contributed by atoms with Crippen molar-refractivity contribution in [2.75, 3.05) is 13.2 Å². The van der Waals surface area contributed by atoms with Crippen LogP contribution in [0.3, 0.4) is 0 Å². The number of halogens is 2. The molecule has 0 bridgehead atoms. The zero-order valence-corrected chi connectivity index (χ0v) is 18.2. The van der Waals surface area contributed by atoms with E-state index in [2.05, 4.69) is 9.97 Å². The van der Waals surface area contributed by atoms with E-state index in [0.717, 1.165) is 42.1 Å². The molecular formula is C21H23Cl2N3O2S. The van der Waals surface area contributed by atoms with Gasteiger partial charge in [-0.15, -0.1) is 36.2 Å². The van der Waals surface area contributed by atoms with Gasteiger partial charge in [-0.2, -0.15) is 0 Å². The van der Waals surface area contributed by atoms with Crippen LogP contribution < -0.4 is 4.74 Å². The Morgan fingerprint density at radius 2 is 1.97 bits per heavy atom. The maximum absolute atomic E-state index is 13.1. The average molecular weight is 452 g/mol. The van der Waals surface area contributed by atoms with Crippen LogP contribution in [0.15, 0.2) is 60.2 Å². The summed E-state index contributed by atoms with van der Waals surface area (Å²) in [7, 11) is 0. The quantitative estimate of drug-likeness (QED) is 0.539. The summed E-state index contributed by atoms with van der Waals surface area (Å²) < 4.78 is 5.86. The molecule has 0 N–H and O–H groups in total. The van der Waals surface area contributed by atoms with Gasteiger partial charge in [0.25, 0.3) is 5.91 Å². The van der Waals surface area contributed by atoms with Crippen molar-refractivity contribution < 1.29 is 9.53 Å². The fourth-order valence-electron chi connectivity index (χ4n) is 3.30. The Morgan fingerprint density at radius 3 is 2.72 bits per heavy atom. The summed E-state index contributed by atoms with van der Waals surface area (Å²) in [6, 6.07) is 13.8. The van der Waals surface area contributed by atoms with E-state index in [0.29, 0.717) is 12.3 Å². The second-order valence-corrected chi connectivity index (χ2v) is 7.41. The summed E-state index contributed by atoms with van der Waals surface area (Å²) in [4.78, 5) is 23.6. The van der Waals surface area contributed by atoms with Crippen molar-refractivity contribution in [1.82, 2.24) is 14.9 Å². The molecule has 1 fully saturated rings. The number of carbonyl (C=O) groups is 1. The molecule has 1 aromatic carbocycles. The van der Waals surface area contributed by atoms with Gasteiger partial charge < -0.3 is 9.64 Å². The van der Waals surface area contributed by atoms with Gasteiger partial charge in [0.15, 0.2) is 0 Å². The molecule has 29 heavy (non-hydrogen) atoms. The van der Waals surface area contributed by atoms with Crippen molar-refractivity contribution in [2.24, 2.45) is 0 Å². The molecule has 4 rings (SSSR count). The molecule has 1 saturated heterocycles. The van der Waals surface area contributed by atoms with E-state index in [4.69, 9.17) is 4.74 Å². The van der Waals surface area contributed by atoms with Crippen molar-refractivity contribution in [2.45, 2.75) is 25.3 Å². The second-order valence-electron chi connectivity index (χ2n) is 6.55. The zero-order valence-electron chi connectivity index (χ0n) is 15.8. The molecule has 1 unspecified atom stereocenters. The molecule has 0 spiro atoms. The van der Waals surface area contributed by atoms with Crippen molar-refractivity contribution in [1.29, 1.82) is 0 Å². The van der Waals surface area contributed by atoms with Crippen LogP contribution in [-0.4, -0.2) is 40.0 Å². The van der Waals surface area contributed by atoms with Crippen molar-refractivity contribution in [3.63, 3.8) is 0 Å². The number of likely N-dealkylation sites (tertiary alicyclic amines) is 1. The molecule has 1 atom stereocenters. The SMILES string of the molecule is Cl.Cl.O=C(c1csc(-c2ccccc2)n1)N1CCCCC1COc1cccnc1. The molecule has 0 radical (unpaired) electrons. The number of amides is 1. The number of hydrogen-bond acceptors (Lipinski definition) is 5. The van der Waals surface area contributed by atoms with Gasteiger partial charge in [-0.05, 0) is 31.4 Å². The molecule has 2 aromatic heterocycles. The predicted octanol–water partition coefficient (Wildman–Crippen LogP) is 5.12. The number of nitrogens with zero attached hydrogens (tertiary/aromatic N) is 3. The smallest absolute Gasteiger partial charge is 0.273 e. The van der Waals surface area contributed by atoms with E-state index in [1.54, 1.807) is 12.4 Å². The molecule has 1 aliphatic rings. The fourth-order valence-corrected chi connectivity index (χ4v) is 4.10. The molecular weight excluding hydrogens is 429 g/mol. The first-order valence-corrected chi connectivity index (χ1v) is 10.0. The second kappa shape index (κ2) is 11.1. The minimum atomic E-state index is -0.00656. The minimum absolute atomic E-state index is 0. The number of piperidine rings is 1. The number of thiazole rings is 1. The fraction of sp³-hybridized carbons (Fsp3) is 0.286. The molecule has 3 aromatic rings. The van der Waals surface area contributed by atoms with Gasteiger partial charge in [0, 0.05) is 23.7 Å². The first-order chi connectivity index (χ1) is 13.3. The average Bonchev–Trinajstić information content (AvgIpc) is 3.24. The van der Waals surface area contributed by atoms with Gasteiger partial charge in [0.05, 0.1) is 12.2 Å². The molecule has 8 heteroatoms. The topological polar surface area (TPSA) is 55.3 Å². The molecule has 1 aliphatic heterocycles. The summed E-state index contributed by atoms with van der Waals surface area (Å²) in [5.41, 5.74) is 1.56. The molecule has 5 nitrogen and oxygen atoms in total. The summed E-state index contributed by atoms with van der Waals surface area (Å²) in [6.45, 7) is 1.23. The molecule has 0 aliphatic carbocycles. The summed E-state index contributed by atoms with van der Waals surface area (Å²) in [5, 5.41) is 2.73. The lowest BCUT2D eigenvalue weighted by Gasteiger charge is -2.35. The van der Waals surface area contributed by atoms with Crippen LogP contribution >= 0.6 is 36.2 Å². The first kappa shape index (κ1) is 23.1. The number of benzene rings is 1. The highest BCUT2D eigenvalue weighted by Gasteiger charge is 2.29. The van der Waals surface area contributed by atoms with Crippen LogP contribution in [0, 0.1) is 0 Å². The number of pyridine rings is 1. The maximum Gasteiger partial charge on any atom is 0.273 e. The third kappa shape index (κ3) is 5.69. The van der Waals surface area contributed by atoms with Gasteiger partial charge in [0.1, 0.15) is 23.1 Å². The normalized spacial score (nSPS) is 15.7. The number of aromatic nitrogens is 2. The third-order valence-corrected chi connectivity index (χ3v) is 5.60. The van der Waals surface area contributed by atoms with Crippen molar-refractivity contribution >= 4 is 42.1 Å². The van der Waals surface area contributed by atoms with Crippen molar-refractivity contribution in [3.8, 4) is 16.3 Å². The monoisotopic (exact) mass is 451 g/mol. The summed E-state index contributed by atoms with van der Waals surface area (Å²) in [6.07, 6.45) is 6.49. The predicted molar refractivity (Wildman–Crippen MR) is 120 cm³/mol. The number of carbonyl (C=O) groups excluding carboxylic acids is 1. The van der Waals surface area contributed by atoms with E-state index >= 15 is 0 Å². The first-order valence-electron chi connectivity index (χ1n) is 9.16. The lowest BCUT2D eigenvalue weighted by Crippen LogP contribution is -2.46. The van der Waals surface area contributed by atoms with Crippen LogP contribution in [0.1, 0.15) is 29.8 Å². The van der Waals surface area contributed by atoms with E-state index in [1.165, 1.54) is 11.3 Å². The van der Waals surface area contributed by atoms with Gasteiger partial charge in [0.2, 0.25) is 0 Å². The number of rotatable bonds is 5. The van der Waals surface area contributed by atoms with Crippen LogP contribution in [-0.2, 0) is 0 Å². The van der Waals surface area contributed by atoms with Gasteiger partial charge in [-0.3, -0.25) is 9.78 Å². The minimum Gasteiger partial charge on any atom is -0.490 e. The summed E-state index contributed by atoms with van der Waals surface area (Å²) in [5.74, 6) is 0.725. The Morgan fingerprint density at radius 1 is 1.14 bits per heavy atom. The Bertz CT molecular complexity index is 893. The van der Waals surface area contributed by atoms with Gasteiger partial charge in [-0.25, -0.2) is 4.98 Å². The van der Waals surface area contributed by atoms with E-state index < -0.39 is 0 Å². The zero-order chi connectivity index (χ0) is 18.5. The largest absolute Gasteiger partial charge is 0.490 e. The maximum atomic E-state index is 13.1. The highest BCUT2D eigenvalue weighted by Crippen LogP contribution is 2.26. The molecule has 154 valence electrons. The third-order valence-electron chi connectivity index (χ3n) is 4.71. The van der Waals surface area contributed by atoms with Gasteiger partial charge >= 0.3 is 0 Å². The number of hydrogen-bond donors (Lipinski definition) is 0. The Hall–Kier alpha value is -2.15. The lowest BCUT2D eigenvalue weighted by molar-refractivity contribution is 0.0523. The lowest BCUT2D eigenvalue weighted by atomic mass is 10.0. The van der Waals surface area contributed by atoms with Gasteiger partial charge in [-0.1, -0.05) is 30.3 Å². The summed E-state index contributed by atoms with van der Waals surface area (Å²) >= 11 is 1.51. The standard InChI is InChI=1S/C21H21N3O2S.2ClH/c25-21(19-15-27-20(23-19)16-7-2-1-3-8-16)24-12-5-4-9-17(24)14-26-18-10-6-11-22-13-18;;/h1-3,6-8,10-11,13,15,17H,4-5,9,12,14H2;2*1H. The molecule has 1 amide bonds. The Labute approximate surface area is 187 Å². The highest BCUT2D eigenvalue weighted by atomic mass is 35.5. The van der Waals surface area contributed by atoms with Crippen molar-refractivity contribution in [3.05, 3.63) is 65.9 Å². The number of ether oxygens (including phenoxy) is 1. The highest BCUT2D eigenvalue weighted by molar-refractivity contribution is 7.13. The molecule has 3 heterocycles. The molecule has 0 saturated carbocycles.